The van der Waals surface area contributed by atoms with Gasteiger partial charge in [-0.3, -0.25) is 0 Å². The van der Waals surface area contributed by atoms with Crippen molar-refractivity contribution in [3.63, 3.8) is 0 Å². The van der Waals surface area contributed by atoms with Gasteiger partial charge in [0.1, 0.15) is 22.3 Å². The van der Waals surface area contributed by atoms with Gasteiger partial charge in [0.25, 0.3) is 0 Å². The first-order chi connectivity index (χ1) is 47.6. The third kappa shape index (κ3) is 6.67. The lowest BCUT2D eigenvalue weighted by Crippen LogP contribution is -2.27. The molecule has 1 atom stereocenters. The SMILES string of the molecule is CC1(C)c2ccccc2-c2c1c1c(c3c2oc2ccccc23)-c2ccc(CC(Cc3ccc(-c4ccccc4)cc3)c3ccc4c(c3)C3(c5ccccc5-c5ccccc53)c3cc5c(cc3-4)C3(c4ccccc4-c4ccccc43)c3ccc4oc6ccccc6c4c3-5)cc2C1(C)C. The predicted molar refractivity (Wildman–Crippen MR) is 397 cm³/mol. The van der Waals surface area contributed by atoms with Crippen LogP contribution in [-0.2, 0) is 34.5 Å². The molecule has 0 N–H and O–H groups in total. The summed E-state index contributed by atoms with van der Waals surface area (Å²) in [5.41, 5.74) is 40.4. The predicted octanol–water partition coefficient (Wildman–Crippen LogP) is 24.0. The van der Waals surface area contributed by atoms with Crippen molar-refractivity contribution in [1.29, 1.82) is 0 Å². The Bertz CT molecular complexity index is 6110. The minimum atomic E-state index is -0.627. The van der Waals surface area contributed by atoms with Gasteiger partial charge in [0, 0.05) is 37.9 Å². The van der Waals surface area contributed by atoms with Crippen molar-refractivity contribution in [2.45, 2.75) is 68.1 Å². The van der Waals surface area contributed by atoms with Gasteiger partial charge >= 0.3 is 0 Å². The van der Waals surface area contributed by atoms with Crippen LogP contribution in [0, 0.1) is 0 Å². The van der Waals surface area contributed by atoms with E-state index >= 15 is 0 Å². The van der Waals surface area contributed by atoms with E-state index in [1.165, 1.54) is 177 Å². The molecular weight excluding hydrogens is 1170 g/mol. The number of benzene rings is 14. The normalized spacial score (nSPS) is 15.8. The molecule has 6 aliphatic rings. The van der Waals surface area contributed by atoms with Crippen LogP contribution in [-0.4, -0.2) is 0 Å². The largest absolute Gasteiger partial charge is 0.456 e. The van der Waals surface area contributed by atoms with Gasteiger partial charge < -0.3 is 8.83 Å². The van der Waals surface area contributed by atoms with Crippen LogP contribution < -0.4 is 0 Å². The molecule has 0 bridgehead atoms. The van der Waals surface area contributed by atoms with E-state index in [1.54, 1.807) is 0 Å². The Balaban J connectivity index is 0.769. The lowest BCUT2D eigenvalue weighted by atomic mass is 9.68. The minimum absolute atomic E-state index is 0.113. The lowest BCUT2D eigenvalue weighted by Gasteiger charge is -2.32. The van der Waals surface area contributed by atoms with Gasteiger partial charge in [0.2, 0.25) is 0 Å². The van der Waals surface area contributed by atoms with E-state index < -0.39 is 10.8 Å². The van der Waals surface area contributed by atoms with Crippen LogP contribution in [0.3, 0.4) is 0 Å². The van der Waals surface area contributed by atoms with Crippen molar-refractivity contribution < 1.29 is 8.83 Å². The molecule has 0 fully saturated rings. The average Bonchev–Trinajstić information content (AvgIpc) is 1.49. The number of hydrogen-bond acceptors (Lipinski definition) is 2. The van der Waals surface area contributed by atoms with E-state index in [1.807, 2.05) is 0 Å². The van der Waals surface area contributed by atoms with Gasteiger partial charge in [-0.1, -0.05) is 282 Å². The first-order valence-corrected chi connectivity index (χ1v) is 34.7. The van der Waals surface area contributed by atoms with Crippen molar-refractivity contribution in [1.82, 2.24) is 0 Å². The molecule has 16 aromatic rings. The van der Waals surface area contributed by atoms with E-state index in [0.717, 1.165) is 40.6 Å². The quantitative estimate of drug-likeness (QED) is 0.166. The Labute approximate surface area is 563 Å². The van der Waals surface area contributed by atoms with Crippen molar-refractivity contribution in [3.8, 4) is 77.9 Å². The first-order valence-electron chi connectivity index (χ1n) is 34.7. The fourth-order valence-electron chi connectivity index (χ4n) is 20.4. The molecule has 456 valence electrons. The Morgan fingerprint density at radius 3 is 1.41 bits per heavy atom. The zero-order valence-electron chi connectivity index (χ0n) is 54.4. The highest BCUT2D eigenvalue weighted by molar-refractivity contribution is 6.21. The molecule has 0 radical (unpaired) electrons. The zero-order valence-corrected chi connectivity index (χ0v) is 54.4. The Morgan fingerprint density at radius 2 is 0.742 bits per heavy atom. The summed E-state index contributed by atoms with van der Waals surface area (Å²) in [7, 11) is 0. The van der Waals surface area contributed by atoms with Gasteiger partial charge in [-0.05, 0) is 205 Å². The van der Waals surface area contributed by atoms with E-state index in [9.17, 15) is 0 Å². The van der Waals surface area contributed by atoms with Crippen LogP contribution >= 0.6 is 0 Å². The second-order valence-corrected chi connectivity index (χ2v) is 29.5. The lowest BCUT2D eigenvalue weighted by molar-refractivity contribution is 0.599. The highest BCUT2D eigenvalue weighted by atomic mass is 16.3. The maximum atomic E-state index is 7.10. The van der Waals surface area contributed by atoms with Gasteiger partial charge in [-0.25, -0.2) is 0 Å². The Kier molecular flexibility index (Phi) is 10.5. The van der Waals surface area contributed by atoms with Crippen molar-refractivity contribution in [3.05, 3.63) is 369 Å². The molecular formula is C95H64O2. The molecule has 0 saturated heterocycles. The van der Waals surface area contributed by atoms with Gasteiger partial charge in [-0.15, -0.1) is 0 Å². The molecule has 2 spiro atoms. The van der Waals surface area contributed by atoms with Crippen LogP contribution in [0.4, 0.5) is 0 Å². The Morgan fingerprint density at radius 1 is 0.278 bits per heavy atom. The molecule has 22 rings (SSSR count). The maximum absolute atomic E-state index is 7.10. The summed E-state index contributed by atoms with van der Waals surface area (Å²) in [6.07, 6.45) is 1.72. The Hall–Kier alpha value is -11.3. The summed E-state index contributed by atoms with van der Waals surface area (Å²) in [5, 5.41) is 4.76. The van der Waals surface area contributed by atoms with Crippen LogP contribution in [0.25, 0.3) is 122 Å². The summed E-state index contributed by atoms with van der Waals surface area (Å²) >= 11 is 0. The number of fused-ring (bicyclic) bond motifs is 36. The molecule has 2 aromatic heterocycles. The first kappa shape index (κ1) is 54.0. The highest BCUT2D eigenvalue weighted by Gasteiger charge is 2.57. The molecule has 2 heterocycles. The molecule has 97 heavy (non-hydrogen) atoms. The maximum Gasteiger partial charge on any atom is 0.144 e. The molecule has 2 nitrogen and oxygen atoms in total. The molecule has 1 unspecified atom stereocenters. The molecule has 6 aliphatic carbocycles. The average molecular weight is 1240 g/mol. The van der Waals surface area contributed by atoms with Gasteiger partial charge in [-0.2, -0.15) is 0 Å². The minimum Gasteiger partial charge on any atom is -0.456 e. The molecule has 0 aliphatic heterocycles. The fraction of sp³-hybridized carbons (Fsp3) is 0.116. The van der Waals surface area contributed by atoms with Gasteiger partial charge in [0.15, 0.2) is 0 Å². The van der Waals surface area contributed by atoms with Crippen LogP contribution in [0.1, 0.15) is 117 Å². The summed E-state index contributed by atoms with van der Waals surface area (Å²) in [5.74, 6) is 0.113. The second-order valence-electron chi connectivity index (χ2n) is 29.5. The standard InChI is InChI=1S/C95H64O2/c1-92(2)71-31-15-12-28-65(71)88-90(92)89-86(87-68-30-14-21-37-82(68)97-91(87)88)66-44-40-55(50-77(66)93(89,3)4)49-59(48-54-38-41-57(42-39-54)56-22-6-5-7-23-56)58-43-45-64-69-52-80-70(53-79(69)95(78(64)51-58)74-34-18-10-26-62(74)63-27-11-19-35-75(63)95)84-76(46-47-83-85(84)67-29-13-20-36-81(67)96-83)94(80)72-32-16-8-24-60(72)61-25-9-17-33-73(61)94/h5-47,50-53,59H,48-49H2,1-4H3. The van der Waals surface area contributed by atoms with E-state index in [2.05, 4.69) is 313 Å². The van der Waals surface area contributed by atoms with E-state index in [-0.39, 0.29) is 16.7 Å². The number of para-hydroxylation sites is 2. The smallest absolute Gasteiger partial charge is 0.144 e. The zero-order chi connectivity index (χ0) is 64.0. The summed E-state index contributed by atoms with van der Waals surface area (Å²) in [4.78, 5) is 0. The van der Waals surface area contributed by atoms with Crippen molar-refractivity contribution in [2.24, 2.45) is 0 Å². The molecule has 14 aromatic carbocycles. The van der Waals surface area contributed by atoms with Gasteiger partial charge in [0.05, 0.1) is 10.8 Å². The summed E-state index contributed by atoms with van der Waals surface area (Å²) in [6.45, 7) is 9.87. The number of hydrogen-bond donors (Lipinski definition) is 0. The second kappa shape index (κ2) is 18.8. The molecule has 2 heteroatoms. The fourth-order valence-corrected chi connectivity index (χ4v) is 20.4. The van der Waals surface area contributed by atoms with E-state index in [0.29, 0.717) is 0 Å². The van der Waals surface area contributed by atoms with E-state index in [4.69, 9.17) is 8.83 Å². The molecule has 0 amide bonds. The monoisotopic (exact) mass is 1240 g/mol. The van der Waals surface area contributed by atoms with Crippen LogP contribution in [0.5, 0.6) is 0 Å². The summed E-state index contributed by atoms with van der Waals surface area (Å²) in [6, 6.07) is 109. The third-order valence-corrected chi connectivity index (χ3v) is 24.3. The number of furan rings is 2. The van der Waals surface area contributed by atoms with Crippen LogP contribution in [0.15, 0.2) is 294 Å². The topological polar surface area (TPSA) is 26.3 Å². The molecule has 0 saturated carbocycles. The van der Waals surface area contributed by atoms with Crippen molar-refractivity contribution >= 4 is 43.9 Å². The summed E-state index contributed by atoms with van der Waals surface area (Å²) < 4.78 is 14.0. The third-order valence-electron chi connectivity index (χ3n) is 24.3. The highest BCUT2D eigenvalue weighted by Crippen LogP contribution is 2.70. The van der Waals surface area contributed by atoms with Crippen LogP contribution in [0.2, 0.25) is 0 Å². The number of rotatable bonds is 6. The van der Waals surface area contributed by atoms with Crippen molar-refractivity contribution in [2.75, 3.05) is 0 Å².